The predicted octanol–water partition coefficient (Wildman–Crippen LogP) is 5.66. The lowest BCUT2D eigenvalue weighted by molar-refractivity contribution is -0.113. The Morgan fingerprint density at radius 1 is 1.31 bits per heavy atom. The summed E-state index contributed by atoms with van der Waals surface area (Å²) in [5.41, 5.74) is 3.57. The summed E-state index contributed by atoms with van der Waals surface area (Å²) in [5, 5.41) is 7.92. The second-order valence-electron chi connectivity index (χ2n) is 5.66. The molecule has 3 rings (SSSR count). The third-order valence-corrected chi connectivity index (χ3v) is 6.22. The lowest BCUT2D eigenvalue weighted by atomic mass is 10.1. The van der Waals surface area contributed by atoms with E-state index in [1.807, 2.05) is 56.3 Å². The number of benzene rings is 2. The SMILES string of the molecule is Cc1cc(C)c(NC(=O)CSc2nn(-c3ccccc3)c(=S)s2)c(Cl)c1. The van der Waals surface area contributed by atoms with Crippen molar-refractivity contribution in [1.29, 1.82) is 0 Å². The van der Waals surface area contributed by atoms with Gasteiger partial charge in [0.2, 0.25) is 5.91 Å². The Hall–Kier alpha value is -1.67. The Morgan fingerprint density at radius 3 is 2.73 bits per heavy atom. The number of thioether (sulfide) groups is 1. The standard InChI is InChI=1S/C18H16ClN3OS3/c1-11-8-12(2)16(14(19)9-11)20-15(23)10-25-17-21-22(18(24)26-17)13-6-4-3-5-7-13/h3-9H,10H2,1-2H3,(H,20,23). The van der Waals surface area contributed by atoms with Crippen LogP contribution in [-0.4, -0.2) is 21.4 Å². The fourth-order valence-corrected chi connectivity index (χ4v) is 4.96. The summed E-state index contributed by atoms with van der Waals surface area (Å²) >= 11 is 14.4. The summed E-state index contributed by atoms with van der Waals surface area (Å²) in [7, 11) is 0. The maximum Gasteiger partial charge on any atom is 0.234 e. The molecule has 0 radical (unpaired) electrons. The Bertz CT molecular complexity index is 975. The molecule has 0 spiro atoms. The number of aromatic nitrogens is 2. The van der Waals surface area contributed by atoms with E-state index in [0.717, 1.165) is 21.2 Å². The normalized spacial score (nSPS) is 10.7. The first-order chi connectivity index (χ1) is 12.4. The summed E-state index contributed by atoms with van der Waals surface area (Å²) in [6.07, 6.45) is 0. The molecule has 2 aromatic carbocycles. The number of halogens is 1. The van der Waals surface area contributed by atoms with Crippen LogP contribution in [0.2, 0.25) is 5.02 Å². The Balaban J connectivity index is 1.67. The molecule has 0 saturated heterocycles. The predicted molar refractivity (Wildman–Crippen MR) is 113 cm³/mol. The van der Waals surface area contributed by atoms with Gasteiger partial charge in [0, 0.05) is 0 Å². The number of anilines is 1. The molecule has 0 fully saturated rings. The number of nitrogens with zero attached hydrogens (tertiary/aromatic N) is 2. The number of para-hydroxylation sites is 1. The van der Waals surface area contributed by atoms with Crippen molar-refractivity contribution in [2.75, 3.05) is 11.1 Å². The summed E-state index contributed by atoms with van der Waals surface area (Å²) in [6.45, 7) is 3.89. The monoisotopic (exact) mass is 421 g/mol. The maximum absolute atomic E-state index is 12.3. The number of hydrogen-bond acceptors (Lipinski definition) is 5. The first kappa shape index (κ1) is 19.1. The molecule has 4 nitrogen and oxygen atoms in total. The van der Waals surface area contributed by atoms with Gasteiger partial charge in [0.15, 0.2) is 8.29 Å². The Kier molecular flexibility index (Phi) is 6.13. The molecule has 3 aromatic rings. The van der Waals surface area contributed by atoms with Crippen LogP contribution >= 0.6 is 46.9 Å². The lowest BCUT2D eigenvalue weighted by Crippen LogP contribution is -2.15. The van der Waals surface area contributed by atoms with Crippen molar-refractivity contribution in [3.63, 3.8) is 0 Å². The van der Waals surface area contributed by atoms with Crippen molar-refractivity contribution >= 4 is 58.5 Å². The number of hydrogen-bond donors (Lipinski definition) is 1. The molecule has 0 bridgehead atoms. The number of nitrogens with one attached hydrogen (secondary N) is 1. The summed E-state index contributed by atoms with van der Waals surface area (Å²) < 4.78 is 3.11. The Labute approximate surface area is 170 Å². The molecule has 8 heteroatoms. The molecule has 1 heterocycles. The number of carbonyl (C=O) groups is 1. The highest BCUT2D eigenvalue weighted by molar-refractivity contribution is 8.01. The maximum atomic E-state index is 12.3. The van der Waals surface area contributed by atoms with Crippen LogP contribution in [0.1, 0.15) is 11.1 Å². The van der Waals surface area contributed by atoms with E-state index >= 15 is 0 Å². The van der Waals surface area contributed by atoms with E-state index in [9.17, 15) is 4.79 Å². The Morgan fingerprint density at radius 2 is 2.04 bits per heavy atom. The van der Waals surface area contributed by atoms with Gasteiger partial charge in [0.05, 0.1) is 22.2 Å². The molecular weight excluding hydrogens is 406 g/mol. The molecule has 0 atom stereocenters. The van der Waals surface area contributed by atoms with Crippen LogP contribution in [0.25, 0.3) is 5.69 Å². The molecule has 0 aliphatic rings. The smallest absolute Gasteiger partial charge is 0.234 e. The van der Waals surface area contributed by atoms with E-state index < -0.39 is 0 Å². The van der Waals surface area contributed by atoms with Crippen molar-refractivity contribution in [2.45, 2.75) is 18.2 Å². The summed E-state index contributed by atoms with van der Waals surface area (Å²) in [6, 6.07) is 13.5. The van der Waals surface area contributed by atoms with E-state index in [1.165, 1.54) is 23.1 Å². The van der Waals surface area contributed by atoms with Crippen LogP contribution in [0.15, 0.2) is 46.8 Å². The zero-order valence-electron chi connectivity index (χ0n) is 14.2. The van der Waals surface area contributed by atoms with Crippen molar-refractivity contribution in [3.8, 4) is 5.69 Å². The molecular formula is C18H16ClN3OS3. The zero-order chi connectivity index (χ0) is 18.7. The first-order valence-electron chi connectivity index (χ1n) is 7.79. The lowest BCUT2D eigenvalue weighted by Gasteiger charge is -2.11. The van der Waals surface area contributed by atoms with Gasteiger partial charge in [-0.2, -0.15) is 0 Å². The molecule has 134 valence electrons. The molecule has 0 saturated carbocycles. The second-order valence-corrected chi connectivity index (χ2v) is 8.91. The van der Waals surface area contributed by atoms with Crippen LogP contribution in [0.4, 0.5) is 5.69 Å². The third-order valence-electron chi connectivity index (χ3n) is 3.55. The number of amides is 1. The van der Waals surface area contributed by atoms with Crippen molar-refractivity contribution in [2.24, 2.45) is 0 Å². The third kappa shape index (κ3) is 4.54. The average molecular weight is 422 g/mol. The molecule has 1 amide bonds. The number of rotatable bonds is 5. The topological polar surface area (TPSA) is 46.9 Å². The summed E-state index contributed by atoms with van der Waals surface area (Å²) in [4.78, 5) is 12.3. The number of aryl methyl sites for hydroxylation is 2. The van der Waals surface area contributed by atoms with Gasteiger partial charge in [-0.15, -0.1) is 5.10 Å². The fraction of sp³-hybridized carbons (Fsp3) is 0.167. The number of carbonyl (C=O) groups excluding carboxylic acids is 1. The summed E-state index contributed by atoms with van der Waals surface area (Å²) in [5.74, 6) is 0.108. The molecule has 26 heavy (non-hydrogen) atoms. The van der Waals surface area contributed by atoms with E-state index in [4.69, 9.17) is 23.8 Å². The van der Waals surface area contributed by atoms with E-state index in [-0.39, 0.29) is 11.7 Å². The van der Waals surface area contributed by atoms with Crippen LogP contribution in [-0.2, 0) is 4.79 Å². The highest BCUT2D eigenvalue weighted by atomic mass is 35.5. The average Bonchev–Trinajstić information content (AvgIpc) is 2.98. The van der Waals surface area contributed by atoms with E-state index in [2.05, 4.69) is 10.4 Å². The van der Waals surface area contributed by atoms with Crippen LogP contribution in [0.5, 0.6) is 0 Å². The van der Waals surface area contributed by atoms with Crippen LogP contribution in [0, 0.1) is 17.8 Å². The van der Waals surface area contributed by atoms with Gasteiger partial charge in [0.25, 0.3) is 0 Å². The molecule has 0 aliphatic carbocycles. The van der Waals surface area contributed by atoms with E-state index in [1.54, 1.807) is 4.68 Å². The van der Waals surface area contributed by atoms with Gasteiger partial charge in [-0.05, 0) is 55.4 Å². The molecule has 0 unspecified atom stereocenters. The highest BCUT2D eigenvalue weighted by Crippen LogP contribution is 2.28. The molecule has 0 aliphatic heterocycles. The minimum absolute atomic E-state index is 0.128. The van der Waals surface area contributed by atoms with Gasteiger partial charge in [-0.1, -0.05) is 59.0 Å². The van der Waals surface area contributed by atoms with Crippen molar-refractivity contribution < 1.29 is 4.79 Å². The highest BCUT2D eigenvalue weighted by Gasteiger charge is 2.12. The second kappa shape index (κ2) is 8.35. The van der Waals surface area contributed by atoms with Crippen LogP contribution in [0.3, 0.4) is 0 Å². The van der Waals surface area contributed by atoms with Gasteiger partial charge in [-0.25, -0.2) is 4.68 Å². The zero-order valence-corrected chi connectivity index (χ0v) is 17.4. The quantitative estimate of drug-likeness (QED) is 0.426. The minimum Gasteiger partial charge on any atom is -0.324 e. The van der Waals surface area contributed by atoms with Crippen LogP contribution < -0.4 is 5.32 Å². The van der Waals surface area contributed by atoms with Gasteiger partial charge in [-0.3, -0.25) is 4.79 Å². The van der Waals surface area contributed by atoms with Crippen molar-refractivity contribution in [1.82, 2.24) is 9.78 Å². The largest absolute Gasteiger partial charge is 0.324 e. The van der Waals surface area contributed by atoms with Gasteiger partial charge < -0.3 is 5.32 Å². The van der Waals surface area contributed by atoms with Gasteiger partial charge in [0.1, 0.15) is 0 Å². The van der Waals surface area contributed by atoms with Crippen molar-refractivity contribution in [3.05, 3.63) is 62.6 Å². The van der Waals surface area contributed by atoms with E-state index in [0.29, 0.717) is 14.7 Å². The van der Waals surface area contributed by atoms with Gasteiger partial charge >= 0.3 is 0 Å². The minimum atomic E-state index is -0.128. The molecule has 1 N–H and O–H groups in total. The molecule has 1 aromatic heterocycles. The fourth-order valence-electron chi connectivity index (χ4n) is 2.43. The first-order valence-corrected chi connectivity index (χ1v) is 10.4.